The van der Waals surface area contributed by atoms with Gasteiger partial charge in [0.2, 0.25) is 0 Å². The summed E-state index contributed by atoms with van der Waals surface area (Å²) in [5.74, 6) is 2.72. The summed E-state index contributed by atoms with van der Waals surface area (Å²) in [4.78, 5) is 4.50. The maximum Gasteiger partial charge on any atom is 0.151 e. The van der Waals surface area contributed by atoms with Crippen LogP contribution < -0.4 is 10.5 Å². The SMILES string of the molecule is COc1ccccc1CCc1nc(CCN)n(C)n1. The summed E-state index contributed by atoms with van der Waals surface area (Å²) in [5, 5.41) is 4.41. The van der Waals surface area contributed by atoms with E-state index < -0.39 is 0 Å². The van der Waals surface area contributed by atoms with Gasteiger partial charge in [-0.3, -0.25) is 4.68 Å². The monoisotopic (exact) mass is 260 g/mol. The Labute approximate surface area is 113 Å². The zero-order chi connectivity index (χ0) is 13.7. The normalized spacial score (nSPS) is 10.7. The summed E-state index contributed by atoms with van der Waals surface area (Å²) in [6.07, 6.45) is 2.44. The van der Waals surface area contributed by atoms with E-state index in [1.807, 2.05) is 29.9 Å². The predicted molar refractivity (Wildman–Crippen MR) is 74.2 cm³/mol. The van der Waals surface area contributed by atoms with Gasteiger partial charge in [0.05, 0.1) is 7.11 Å². The van der Waals surface area contributed by atoms with Crippen molar-refractivity contribution in [2.75, 3.05) is 13.7 Å². The second-order valence-electron chi connectivity index (χ2n) is 4.42. The molecule has 5 heteroatoms. The van der Waals surface area contributed by atoms with E-state index in [-0.39, 0.29) is 0 Å². The fourth-order valence-corrected chi connectivity index (χ4v) is 2.08. The van der Waals surface area contributed by atoms with Crippen molar-refractivity contribution in [3.8, 4) is 5.75 Å². The van der Waals surface area contributed by atoms with Crippen LogP contribution in [0.3, 0.4) is 0 Å². The Kier molecular flexibility index (Phi) is 4.52. The Bertz CT molecular complexity index is 536. The highest BCUT2D eigenvalue weighted by Gasteiger charge is 2.08. The van der Waals surface area contributed by atoms with Crippen LogP contribution in [0.5, 0.6) is 5.75 Å². The summed E-state index contributed by atoms with van der Waals surface area (Å²) in [6.45, 7) is 0.596. The smallest absolute Gasteiger partial charge is 0.151 e. The molecular formula is C14H20N4O. The molecule has 0 fully saturated rings. The van der Waals surface area contributed by atoms with Crippen molar-refractivity contribution in [3.63, 3.8) is 0 Å². The molecule has 19 heavy (non-hydrogen) atoms. The van der Waals surface area contributed by atoms with Gasteiger partial charge in [0, 0.05) is 19.9 Å². The molecule has 0 spiro atoms. The second kappa shape index (κ2) is 6.33. The average molecular weight is 260 g/mol. The molecule has 0 aliphatic heterocycles. The summed E-state index contributed by atoms with van der Waals surface area (Å²) < 4.78 is 7.15. The first kappa shape index (κ1) is 13.5. The highest BCUT2D eigenvalue weighted by Crippen LogP contribution is 2.18. The van der Waals surface area contributed by atoms with Crippen molar-refractivity contribution in [3.05, 3.63) is 41.5 Å². The standard InChI is InChI=1S/C14H20N4O/c1-18-14(9-10-15)16-13(17-18)8-7-11-5-3-4-6-12(11)19-2/h3-6H,7-10,15H2,1-2H3. The Balaban J connectivity index is 2.04. The van der Waals surface area contributed by atoms with Gasteiger partial charge in [0.1, 0.15) is 11.6 Å². The van der Waals surface area contributed by atoms with E-state index >= 15 is 0 Å². The van der Waals surface area contributed by atoms with Gasteiger partial charge in [-0.05, 0) is 24.6 Å². The van der Waals surface area contributed by atoms with Crippen LogP contribution in [0.4, 0.5) is 0 Å². The van der Waals surface area contributed by atoms with Gasteiger partial charge >= 0.3 is 0 Å². The third kappa shape index (κ3) is 3.32. The summed E-state index contributed by atoms with van der Waals surface area (Å²) in [6, 6.07) is 8.04. The van der Waals surface area contributed by atoms with Crippen molar-refractivity contribution in [1.29, 1.82) is 0 Å². The molecule has 0 saturated heterocycles. The van der Waals surface area contributed by atoms with E-state index in [1.54, 1.807) is 7.11 Å². The van der Waals surface area contributed by atoms with E-state index in [0.717, 1.165) is 36.7 Å². The topological polar surface area (TPSA) is 66.0 Å². The Morgan fingerprint density at radius 2 is 2.00 bits per heavy atom. The quantitative estimate of drug-likeness (QED) is 0.845. The maximum atomic E-state index is 5.54. The third-order valence-corrected chi connectivity index (χ3v) is 3.08. The van der Waals surface area contributed by atoms with Crippen LogP contribution >= 0.6 is 0 Å². The number of methoxy groups -OCH3 is 1. The second-order valence-corrected chi connectivity index (χ2v) is 4.42. The van der Waals surface area contributed by atoms with Crippen molar-refractivity contribution in [1.82, 2.24) is 14.8 Å². The van der Waals surface area contributed by atoms with Gasteiger partial charge < -0.3 is 10.5 Å². The van der Waals surface area contributed by atoms with Gasteiger partial charge in [-0.1, -0.05) is 18.2 Å². The number of nitrogens with two attached hydrogens (primary N) is 1. The summed E-state index contributed by atoms with van der Waals surface area (Å²) in [7, 11) is 3.60. The lowest BCUT2D eigenvalue weighted by Gasteiger charge is -2.06. The van der Waals surface area contributed by atoms with Crippen LogP contribution in [0.25, 0.3) is 0 Å². The molecule has 0 bridgehead atoms. The number of para-hydroxylation sites is 1. The van der Waals surface area contributed by atoms with Crippen LogP contribution in [-0.2, 0) is 26.3 Å². The molecule has 1 aromatic heterocycles. The lowest BCUT2D eigenvalue weighted by atomic mass is 10.1. The number of aromatic nitrogens is 3. The number of aryl methyl sites for hydroxylation is 3. The number of nitrogens with zero attached hydrogens (tertiary/aromatic N) is 3. The van der Waals surface area contributed by atoms with Crippen LogP contribution in [0.15, 0.2) is 24.3 Å². The van der Waals surface area contributed by atoms with Gasteiger partial charge in [-0.2, -0.15) is 5.10 Å². The molecule has 0 amide bonds. The molecule has 5 nitrogen and oxygen atoms in total. The van der Waals surface area contributed by atoms with Gasteiger partial charge in [0.15, 0.2) is 5.82 Å². The number of rotatable bonds is 6. The molecule has 0 unspecified atom stereocenters. The van der Waals surface area contributed by atoms with Crippen molar-refractivity contribution in [2.45, 2.75) is 19.3 Å². The first-order valence-corrected chi connectivity index (χ1v) is 6.45. The maximum absolute atomic E-state index is 5.54. The van der Waals surface area contributed by atoms with E-state index in [1.165, 1.54) is 5.56 Å². The molecular weight excluding hydrogens is 240 g/mol. The Morgan fingerprint density at radius 3 is 2.74 bits per heavy atom. The minimum absolute atomic E-state index is 0.596. The molecule has 2 aromatic rings. The Hall–Kier alpha value is -1.88. The molecule has 0 radical (unpaired) electrons. The molecule has 0 atom stereocenters. The number of hydrogen-bond acceptors (Lipinski definition) is 4. The van der Waals surface area contributed by atoms with Crippen LogP contribution in [-0.4, -0.2) is 28.4 Å². The Morgan fingerprint density at radius 1 is 1.21 bits per heavy atom. The first-order chi connectivity index (χ1) is 9.24. The molecule has 0 aliphatic rings. The minimum atomic E-state index is 0.596. The van der Waals surface area contributed by atoms with Crippen LogP contribution in [0.1, 0.15) is 17.2 Å². The fourth-order valence-electron chi connectivity index (χ4n) is 2.08. The molecule has 0 aliphatic carbocycles. The zero-order valence-electron chi connectivity index (χ0n) is 11.5. The third-order valence-electron chi connectivity index (χ3n) is 3.08. The van der Waals surface area contributed by atoms with E-state index in [0.29, 0.717) is 6.54 Å². The largest absolute Gasteiger partial charge is 0.496 e. The fraction of sp³-hybridized carbons (Fsp3) is 0.429. The van der Waals surface area contributed by atoms with Crippen molar-refractivity contribution >= 4 is 0 Å². The van der Waals surface area contributed by atoms with Gasteiger partial charge in [0.25, 0.3) is 0 Å². The lowest BCUT2D eigenvalue weighted by molar-refractivity contribution is 0.409. The molecule has 0 saturated carbocycles. The molecule has 1 heterocycles. The minimum Gasteiger partial charge on any atom is -0.496 e. The van der Waals surface area contributed by atoms with Crippen molar-refractivity contribution < 1.29 is 4.74 Å². The average Bonchev–Trinajstić information content (AvgIpc) is 2.78. The highest BCUT2D eigenvalue weighted by atomic mass is 16.5. The molecule has 2 rings (SSSR count). The van der Waals surface area contributed by atoms with E-state index in [2.05, 4.69) is 16.1 Å². The highest BCUT2D eigenvalue weighted by molar-refractivity contribution is 5.33. The summed E-state index contributed by atoms with van der Waals surface area (Å²) in [5.41, 5.74) is 6.72. The predicted octanol–water partition coefficient (Wildman–Crippen LogP) is 1.11. The number of ether oxygens (including phenoxy) is 1. The van der Waals surface area contributed by atoms with E-state index in [4.69, 9.17) is 10.5 Å². The van der Waals surface area contributed by atoms with Crippen LogP contribution in [0, 0.1) is 0 Å². The zero-order valence-corrected chi connectivity index (χ0v) is 11.5. The number of benzene rings is 1. The molecule has 2 N–H and O–H groups in total. The van der Waals surface area contributed by atoms with E-state index in [9.17, 15) is 0 Å². The molecule has 102 valence electrons. The summed E-state index contributed by atoms with van der Waals surface area (Å²) >= 11 is 0. The van der Waals surface area contributed by atoms with Crippen molar-refractivity contribution in [2.24, 2.45) is 12.8 Å². The number of hydrogen-bond donors (Lipinski definition) is 1. The molecule has 1 aromatic carbocycles. The first-order valence-electron chi connectivity index (χ1n) is 6.45. The van der Waals surface area contributed by atoms with Crippen LogP contribution in [0.2, 0.25) is 0 Å². The van der Waals surface area contributed by atoms with Gasteiger partial charge in [-0.25, -0.2) is 4.98 Å². The lowest BCUT2D eigenvalue weighted by Crippen LogP contribution is -2.08. The van der Waals surface area contributed by atoms with Gasteiger partial charge in [-0.15, -0.1) is 0 Å².